The molecule has 1 aliphatic heterocycles. The Morgan fingerprint density at radius 2 is 2.16 bits per heavy atom. The van der Waals surface area contributed by atoms with Gasteiger partial charge in [0.25, 0.3) is 0 Å². The fraction of sp³-hybridized carbons (Fsp3) is 0.533. The van der Waals surface area contributed by atoms with Crippen molar-refractivity contribution in [3.63, 3.8) is 0 Å². The van der Waals surface area contributed by atoms with Gasteiger partial charge in [0.15, 0.2) is 0 Å². The van der Waals surface area contributed by atoms with Crippen LogP contribution in [0.15, 0.2) is 24.3 Å². The fourth-order valence-electron chi connectivity index (χ4n) is 2.43. The SMILES string of the molecule is CC[C@@H]1CN(Cc2ccc(C(=O)OC)cc2)CCN1. The van der Waals surface area contributed by atoms with E-state index in [1.165, 1.54) is 12.7 Å². The van der Waals surface area contributed by atoms with Gasteiger partial charge in [-0.3, -0.25) is 4.90 Å². The number of hydrogen-bond acceptors (Lipinski definition) is 4. The zero-order chi connectivity index (χ0) is 13.7. The summed E-state index contributed by atoms with van der Waals surface area (Å²) in [6.45, 7) is 6.38. The van der Waals surface area contributed by atoms with Gasteiger partial charge < -0.3 is 10.1 Å². The van der Waals surface area contributed by atoms with Crippen molar-refractivity contribution in [1.29, 1.82) is 0 Å². The van der Waals surface area contributed by atoms with Crippen LogP contribution in [0.5, 0.6) is 0 Å². The topological polar surface area (TPSA) is 41.6 Å². The second-order valence-corrected chi connectivity index (χ2v) is 4.98. The van der Waals surface area contributed by atoms with Crippen molar-refractivity contribution < 1.29 is 9.53 Å². The fourth-order valence-corrected chi connectivity index (χ4v) is 2.43. The van der Waals surface area contributed by atoms with Crippen LogP contribution >= 0.6 is 0 Å². The van der Waals surface area contributed by atoms with E-state index in [9.17, 15) is 4.79 Å². The second-order valence-electron chi connectivity index (χ2n) is 4.98. The largest absolute Gasteiger partial charge is 0.465 e. The number of methoxy groups -OCH3 is 1. The maximum atomic E-state index is 11.4. The molecule has 2 rings (SSSR count). The van der Waals surface area contributed by atoms with E-state index in [1.54, 1.807) is 0 Å². The Bertz CT molecular complexity index is 417. The number of esters is 1. The molecule has 0 bridgehead atoms. The summed E-state index contributed by atoms with van der Waals surface area (Å²) in [5.74, 6) is -0.278. The number of carbonyl (C=O) groups is 1. The quantitative estimate of drug-likeness (QED) is 0.838. The first-order chi connectivity index (χ1) is 9.22. The summed E-state index contributed by atoms with van der Waals surface area (Å²) in [6, 6.07) is 8.29. The predicted molar refractivity (Wildman–Crippen MR) is 75.1 cm³/mol. The molecule has 0 aromatic heterocycles. The van der Waals surface area contributed by atoms with E-state index in [-0.39, 0.29) is 5.97 Å². The number of ether oxygens (including phenoxy) is 1. The van der Waals surface area contributed by atoms with E-state index < -0.39 is 0 Å². The molecule has 4 nitrogen and oxygen atoms in total. The van der Waals surface area contributed by atoms with Gasteiger partial charge in [-0.2, -0.15) is 0 Å². The van der Waals surface area contributed by atoms with Crippen molar-refractivity contribution in [3.8, 4) is 0 Å². The average Bonchev–Trinajstić information content (AvgIpc) is 2.47. The molecule has 0 saturated carbocycles. The number of carbonyl (C=O) groups excluding carboxylic acids is 1. The number of nitrogens with one attached hydrogen (secondary N) is 1. The van der Waals surface area contributed by atoms with Gasteiger partial charge >= 0.3 is 5.97 Å². The maximum Gasteiger partial charge on any atom is 0.337 e. The molecule has 1 saturated heterocycles. The lowest BCUT2D eigenvalue weighted by molar-refractivity contribution is 0.0600. The highest BCUT2D eigenvalue weighted by Gasteiger charge is 2.17. The van der Waals surface area contributed by atoms with Crippen LogP contribution in [-0.2, 0) is 11.3 Å². The predicted octanol–water partition coefficient (Wildman–Crippen LogP) is 1.66. The minimum atomic E-state index is -0.278. The monoisotopic (exact) mass is 262 g/mol. The van der Waals surface area contributed by atoms with Crippen molar-refractivity contribution in [2.45, 2.75) is 25.9 Å². The van der Waals surface area contributed by atoms with Crippen LogP contribution < -0.4 is 5.32 Å². The van der Waals surface area contributed by atoms with Gasteiger partial charge in [-0.1, -0.05) is 19.1 Å². The normalized spacial score (nSPS) is 20.2. The summed E-state index contributed by atoms with van der Waals surface area (Å²) >= 11 is 0. The Labute approximate surface area is 114 Å². The van der Waals surface area contributed by atoms with E-state index in [0.717, 1.165) is 32.6 Å². The van der Waals surface area contributed by atoms with Crippen LogP contribution in [-0.4, -0.2) is 43.7 Å². The van der Waals surface area contributed by atoms with Crippen LogP contribution in [0.3, 0.4) is 0 Å². The minimum Gasteiger partial charge on any atom is -0.465 e. The number of hydrogen-bond donors (Lipinski definition) is 1. The molecule has 0 spiro atoms. The molecule has 1 fully saturated rings. The van der Waals surface area contributed by atoms with Crippen molar-refractivity contribution >= 4 is 5.97 Å². The highest BCUT2D eigenvalue weighted by molar-refractivity contribution is 5.89. The zero-order valence-electron chi connectivity index (χ0n) is 11.7. The standard InChI is InChI=1S/C15H22N2O2/c1-3-14-11-17(9-8-16-14)10-12-4-6-13(7-5-12)15(18)19-2/h4-7,14,16H,3,8-11H2,1-2H3/t14-/m1/s1. The molecule has 0 radical (unpaired) electrons. The third kappa shape index (κ3) is 3.78. The molecule has 1 aromatic rings. The number of nitrogens with zero attached hydrogens (tertiary/aromatic N) is 1. The van der Waals surface area contributed by atoms with Crippen molar-refractivity contribution in [2.24, 2.45) is 0 Å². The van der Waals surface area contributed by atoms with Gasteiger partial charge in [0.05, 0.1) is 12.7 Å². The molecule has 104 valence electrons. The number of rotatable bonds is 4. The van der Waals surface area contributed by atoms with Crippen molar-refractivity contribution in [2.75, 3.05) is 26.7 Å². The summed E-state index contributed by atoms with van der Waals surface area (Å²) in [6.07, 6.45) is 1.16. The molecular weight excluding hydrogens is 240 g/mol. The lowest BCUT2D eigenvalue weighted by Gasteiger charge is -2.33. The molecular formula is C15H22N2O2. The highest BCUT2D eigenvalue weighted by Crippen LogP contribution is 2.11. The van der Waals surface area contributed by atoms with Crippen LogP contribution in [0.25, 0.3) is 0 Å². The molecule has 1 heterocycles. The Kier molecular flexibility index (Phi) is 4.93. The summed E-state index contributed by atoms with van der Waals surface area (Å²) < 4.78 is 4.70. The van der Waals surface area contributed by atoms with Crippen molar-refractivity contribution in [1.82, 2.24) is 10.2 Å². The lowest BCUT2D eigenvalue weighted by Crippen LogP contribution is -2.49. The summed E-state index contributed by atoms with van der Waals surface area (Å²) in [5.41, 5.74) is 1.85. The van der Waals surface area contributed by atoms with Gasteiger partial charge in [0, 0.05) is 32.2 Å². The smallest absolute Gasteiger partial charge is 0.337 e. The van der Waals surface area contributed by atoms with Gasteiger partial charge in [0.2, 0.25) is 0 Å². The van der Waals surface area contributed by atoms with E-state index >= 15 is 0 Å². The third-order valence-electron chi connectivity index (χ3n) is 3.61. The maximum absolute atomic E-state index is 11.4. The van der Waals surface area contributed by atoms with E-state index in [4.69, 9.17) is 4.74 Å². The van der Waals surface area contributed by atoms with Crippen LogP contribution in [0.2, 0.25) is 0 Å². The van der Waals surface area contributed by atoms with E-state index in [2.05, 4.69) is 17.1 Å². The molecule has 0 unspecified atom stereocenters. The molecule has 4 heteroatoms. The van der Waals surface area contributed by atoms with Crippen LogP contribution in [0, 0.1) is 0 Å². The van der Waals surface area contributed by atoms with Gasteiger partial charge in [-0.15, -0.1) is 0 Å². The number of benzene rings is 1. The van der Waals surface area contributed by atoms with Crippen LogP contribution in [0.4, 0.5) is 0 Å². The van der Waals surface area contributed by atoms with E-state index in [1.807, 2.05) is 24.3 Å². The number of piperazine rings is 1. The Morgan fingerprint density at radius 1 is 1.42 bits per heavy atom. The summed E-state index contributed by atoms with van der Waals surface area (Å²) in [4.78, 5) is 13.8. The van der Waals surface area contributed by atoms with E-state index in [0.29, 0.717) is 11.6 Å². The molecule has 0 amide bonds. The second kappa shape index (κ2) is 6.68. The molecule has 1 aromatic carbocycles. The Balaban J connectivity index is 1.94. The van der Waals surface area contributed by atoms with Crippen molar-refractivity contribution in [3.05, 3.63) is 35.4 Å². The minimum absolute atomic E-state index is 0.278. The first-order valence-electron chi connectivity index (χ1n) is 6.86. The van der Waals surface area contributed by atoms with Gasteiger partial charge in [0.1, 0.15) is 0 Å². The Hall–Kier alpha value is -1.39. The first-order valence-corrected chi connectivity index (χ1v) is 6.86. The molecule has 1 aliphatic rings. The summed E-state index contributed by atoms with van der Waals surface area (Å²) in [5, 5.41) is 3.51. The zero-order valence-corrected chi connectivity index (χ0v) is 11.7. The highest BCUT2D eigenvalue weighted by atomic mass is 16.5. The third-order valence-corrected chi connectivity index (χ3v) is 3.61. The lowest BCUT2D eigenvalue weighted by atomic mass is 10.1. The molecule has 1 N–H and O–H groups in total. The van der Waals surface area contributed by atoms with Gasteiger partial charge in [-0.25, -0.2) is 4.79 Å². The molecule has 0 aliphatic carbocycles. The Morgan fingerprint density at radius 3 is 2.79 bits per heavy atom. The average molecular weight is 262 g/mol. The van der Waals surface area contributed by atoms with Gasteiger partial charge in [-0.05, 0) is 24.1 Å². The summed E-state index contributed by atoms with van der Waals surface area (Å²) in [7, 11) is 1.40. The molecule has 19 heavy (non-hydrogen) atoms. The van der Waals surface area contributed by atoms with Crippen LogP contribution in [0.1, 0.15) is 29.3 Å². The first kappa shape index (κ1) is 14.0. The molecule has 1 atom stereocenters.